The van der Waals surface area contributed by atoms with Crippen molar-refractivity contribution in [3.8, 4) is 0 Å². The van der Waals surface area contributed by atoms with Gasteiger partial charge in [0.1, 0.15) is 11.4 Å². The smallest absolute Gasteiger partial charge is 0.407 e. The molecule has 6 heteroatoms. The molecule has 1 aromatic rings. The third kappa shape index (κ3) is 5.30. The Hall–Kier alpha value is -1.98. The SMILES string of the molecule is CC(C)(C)OC(=O)NCC1CCCN(c2ccc(N)cc2F)C1. The van der Waals surface area contributed by atoms with Crippen LogP contribution in [0.15, 0.2) is 18.2 Å². The number of alkyl carbamates (subject to hydrolysis) is 1. The molecule has 128 valence electrons. The van der Waals surface area contributed by atoms with E-state index in [2.05, 4.69) is 5.32 Å². The van der Waals surface area contributed by atoms with Gasteiger partial charge in [0, 0.05) is 25.3 Å². The lowest BCUT2D eigenvalue weighted by atomic mass is 9.97. The Labute approximate surface area is 137 Å². The molecule has 0 saturated carbocycles. The molecule has 0 bridgehead atoms. The lowest BCUT2D eigenvalue weighted by Gasteiger charge is -2.34. The minimum absolute atomic E-state index is 0.272. The van der Waals surface area contributed by atoms with Crippen molar-refractivity contribution >= 4 is 17.5 Å². The van der Waals surface area contributed by atoms with Crippen LogP contribution in [0.25, 0.3) is 0 Å². The molecule has 2 rings (SSSR count). The van der Waals surface area contributed by atoms with Gasteiger partial charge in [0.05, 0.1) is 5.69 Å². The highest BCUT2D eigenvalue weighted by atomic mass is 19.1. The number of ether oxygens (including phenoxy) is 1. The second-order valence-electron chi connectivity index (χ2n) is 7.05. The van der Waals surface area contributed by atoms with Crippen molar-refractivity contribution in [2.24, 2.45) is 5.92 Å². The molecule has 1 aliphatic heterocycles. The van der Waals surface area contributed by atoms with Crippen LogP contribution in [0, 0.1) is 11.7 Å². The predicted octanol–water partition coefficient (Wildman–Crippen LogP) is 3.15. The highest BCUT2D eigenvalue weighted by Gasteiger charge is 2.23. The number of nitrogens with one attached hydrogen (secondary N) is 1. The summed E-state index contributed by atoms with van der Waals surface area (Å²) in [5.74, 6) is -0.0287. The van der Waals surface area contributed by atoms with E-state index in [0.29, 0.717) is 24.5 Å². The van der Waals surface area contributed by atoms with Gasteiger partial charge in [-0.15, -0.1) is 0 Å². The van der Waals surface area contributed by atoms with E-state index >= 15 is 0 Å². The van der Waals surface area contributed by atoms with Gasteiger partial charge in [0.25, 0.3) is 0 Å². The number of nitrogens with zero attached hydrogens (tertiary/aromatic N) is 1. The summed E-state index contributed by atoms with van der Waals surface area (Å²) in [5, 5.41) is 2.80. The normalized spacial score (nSPS) is 18.6. The van der Waals surface area contributed by atoms with E-state index in [9.17, 15) is 9.18 Å². The number of piperidine rings is 1. The second kappa shape index (κ2) is 7.06. The molecule has 1 atom stereocenters. The van der Waals surface area contributed by atoms with E-state index in [1.54, 1.807) is 12.1 Å². The molecule has 0 aromatic heterocycles. The van der Waals surface area contributed by atoms with E-state index in [4.69, 9.17) is 10.5 Å². The molecule has 1 aliphatic rings. The molecule has 0 aliphatic carbocycles. The third-order valence-corrected chi connectivity index (χ3v) is 3.77. The van der Waals surface area contributed by atoms with Crippen LogP contribution >= 0.6 is 0 Å². The first-order valence-corrected chi connectivity index (χ1v) is 8.01. The van der Waals surface area contributed by atoms with E-state index in [1.807, 2.05) is 25.7 Å². The molecular weight excluding hydrogens is 297 g/mol. The number of anilines is 2. The fourth-order valence-corrected chi connectivity index (χ4v) is 2.77. The van der Waals surface area contributed by atoms with Crippen LogP contribution in [0.3, 0.4) is 0 Å². The first-order chi connectivity index (χ1) is 10.7. The Morgan fingerprint density at radius 2 is 2.22 bits per heavy atom. The summed E-state index contributed by atoms with van der Waals surface area (Å²) in [6.45, 7) is 7.54. The third-order valence-electron chi connectivity index (χ3n) is 3.77. The van der Waals surface area contributed by atoms with Gasteiger partial charge in [-0.05, 0) is 57.7 Å². The summed E-state index contributed by atoms with van der Waals surface area (Å²) in [6.07, 6.45) is 1.56. The van der Waals surface area contributed by atoms with Crippen LogP contribution in [0.5, 0.6) is 0 Å². The number of hydrogen-bond acceptors (Lipinski definition) is 4. The van der Waals surface area contributed by atoms with Gasteiger partial charge < -0.3 is 20.7 Å². The van der Waals surface area contributed by atoms with Gasteiger partial charge in [0.2, 0.25) is 0 Å². The Balaban J connectivity index is 1.89. The topological polar surface area (TPSA) is 67.6 Å². The number of carbonyl (C=O) groups is 1. The van der Waals surface area contributed by atoms with Crippen LogP contribution in [0.2, 0.25) is 0 Å². The van der Waals surface area contributed by atoms with Gasteiger partial charge in [-0.3, -0.25) is 0 Å². The van der Waals surface area contributed by atoms with Crippen LogP contribution in [0.4, 0.5) is 20.6 Å². The molecule has 1 saturated heterocycles. The molecule has 1 amide bonds. The van der Waals surface area contributed by atoms with Crippen LogP contribution < -0.4 is 16.0 Å². The Morgan fingerprint density at radius 3 is 2.87 bits per heavy atom. The first kappa shape index (κ1) is 17.4. The Bertz CT molecular complexity index is 557. The van der Waals surface area contributed by atoms with Gasteiger partial charge in [-0.2, -0.15) is 0 Å². The monoisotopic (exact) mass is 323 g/mol. The summed E-state index contributed by atoms with van der Waals surface area (Å²) >= 11 is 0. The molecule has 0 radical (unpaired) electrons. The lowest BCUT2D eigenvalue weighted by Crippen LogP contribution is -2.42. The summed E-state index contributed by atoms with van der Waals surface area (Å²) in [5.41, 5.74) is 6.08. The Kier molecular flexibility index (Phi) is 5.34. The van der Waals surface area contributed by atoms with E-state index in [-0.39, 0.29) is 11.7 Å². The molecule has 23 heavy (non-hydrogen) atoms. The van der Waals surface area contributed by atoms with Gasteiger partial charge in [-0.1, -0.05) is 0 Å². The number of hydrogen-bond donors (Lipinski definition) is 2. The number of rotatable bonds is 3. The standard InChI is InChI=1S/C17H26FN3O2/c1-17(2,3)23-16(22)20-10-12-5-4-8-21(11-12)15-7-6-13(19)9-14(15)18/h6-7,9,12H,4-5,8,10-11,19H2,1-3H3,(H,20,22). The number of benzene rings is 1. The zero-order valence-corrected chi connectivity index (χ0v) is 14.1. The largest absolute Gasteiger partial charge is 0.444 e. The number of halogens is 1. The summed E-state index contributed by atoms with van der Waals surface area (Å²) in [7, 11) is 0. The highest BCUT2D eigenvalue weighted by Crippen LogP contribution is 2.26. The molecule has 1 fully saturated rings. The van der Waals surface area contributed by atoms with Crippen molar-refractivity contribution in [1.29, 1.82) is 0 Å². The zero-order chi connectivity index (χ0) is 17.0. The number of carbonyl (C=O) groups excluding carboxylic acids is 1. The molecular formula is C17H26FN3O2. The predicted molar refractivity (Wildman–Crippen MR) is 90.0 cm³/mol. The van der Waals surface area contributed by atoms with Crippen molar-refractivity contribution in [3.05, 3.63) is 24.0 Å². The molecule has 1 aromatic carbocycles. The molecule has 5 nitrogen and oxygen atoms in total. The quantitative estimate of drug-likeness (QED) is 0.839. The van der Waals surface area contributed by atoms with Gasteiger partial charge >= 0.3 is 6.09 Å². The number of nitrogen functional groups attached to an aromatic ring is 1. The fourth-order valence-electron chi connectivity index (χ4n) is 2.77. The first-order valence-electron chi connectivity index (χ1n) is 8.01. The van der Waals surface area contributed by atoms with Crippen LogP contribution in [-0.4, -0.2) is 31.3 Å². The minimum Gasteiger partial charge on any atom is -0.444 e. The lowest BCUT2D eigenvalue weighted by molar-refractivity contribution is 0.0517. The van der Waals surface area contributed by atoms with Crippen LogP contribution in [0.1, 0.15) is 33.6 Å². The zero-order valence-electron chi connectivity index (χ0n) is 14.1. The van der Waals surface area contributed by atoms with Crippen molar-refractivity contribution in [2.45, 2.75) is 39.2 Å². The maximum absolute atomic E-state index is 14.1. The maximum Gasteiger partial charge on any atom is 0.407 e. The highest BCUT2D eigenvalue weighted by molar-refractivity contribution is 5.67. The van der Waals surface area contributed by atoms with E-state index in [0.717, 1.165) is 19.4 Å². The second-order valence-corrected chi connectivity index (χ2v) is 7.05. The number of nitrogens with two attached hydrogens (primary N) is 1. The maximum atomic E-state index is 14.1. The van der Waals surface area contributed by atoms with Crippen LogP contribution in [-0.2, 0) is 4.74 Å². The number of amides is 1. The molecule has 1 heterocycles. The summed E-state index contributed by atoms with van der Waals surface area (Å²) in [6, 6.07) is 4.77. The van der Waals surface area contributed by atoms with Crippen molar-refractivity contribution < 1.29 is 13.9 Å². The fraction of sp³-hybridized carbons (Fsp3) is 0.588. The summed E-state index contributed by atoms with van der Waals surface area (Å²) < 4.78 is 19.3. The Morgan fingerprint density at radius 1 is 1.48 bits per heavy atom. The molecule has 1 unspecified atom stereocenters. The van der Waals surface area contributed by atoms with Gasteiger partial charge in [0.15, 0.2) is 0 Å². The molecule has 0 spiro atoms. The average molecular weight is 323 g/mol. The average Bonchev–Trinajstić information content (AvgIpc) is 2.43. The minimum atomic E-state index is -0.504. The van der Waals surface area contributed by atoms with E-state index in [1.165, 1.54) is 6.07 Å². The van der Waals surface area contributed by atoms with Crippen molar-refractivity contribution in [1.82, 2.24) is 5.32 Å². The van der Waals surface area contributed by atoms with Gasteiger partial charge in [-0.25, -0.2) is 9.18 Å². The van der Waals surface area contributed by atoms with Crippen molar-refractivity contribution in [2.75, 3.05) is 30.3 Å². The summed E-state index contributed by atoms with van der Waals surface area (Å²) in [4.78, 5) is 13.7. The van der Waals surface area contributed by atoms with Crippen molar-refractivity contribution in [3.63, 3.8) is 0 Å². The van der Waals surface area contributed by atoms with E-state index < -0.39 is 11.7 Å². The molecule has 3 N–H and O–H groups in total.